The van der Waals surface area contributed by atoms with Crippen LogP contribution in [0.3, 0.4) is 0 Å². The summed E-state index contributed by atoms with van der Waals surface area (Å²) in [5.41, 5.74) is 0.306. The number of non-ortho nitro benzene ring substituents is 1. The van der Waals surface area contributed by atoms with Gasteiger partial charge in [0.25, 0.3) is 5.69 Å². The summed E-state index contributed by atoms with van der Waals surface area (Å²) >= 11 is 5.56. The Bertz CT molecular complexity index is 764. The molecule has 0 fully saturated rings. The van der Waals surface area contributed by atoms with Crippen molar-refractivity contribution in [3.05, 3.63) is 57.5 Å². The summed E-state index contributed by atoms with van der Waals surface area (Å²) in [7, 11) is -3.71. The van der Waals surface area contributed by atoms with E-state index in [9.17, 15) is 18.5 Å². The Hall–Kier alpha value is -2.26. The summed E-state index contributed by atoms with van der Waals surface area (Å²) in [6.45, 7) is 0. The van der Waals surface area contributed by atoms with Crippen LogP contribution in [0, 0.1) is 10.1 Å². The van der Waals surface area contributed by atoms with Crippen LogP contribution >= 0.6 is 11.6 Å². The first kappa shape index (κ1) is 15.1. The lowest BCUT2D eigenvalue weighted by molar-refractivity contribution is -0.384. The molecule has 0 radical (unpaired) electrons. The molecule has 0 bridgehead atoms. The van der Waals surface area contributed by atoms with E-state index in [0.29, 0.717) is 5.56 Å². The van der Waals surface area contributed by atoms with Crippen LogP contribution in [0.25, 0.3) is 0 Å². The highest BCUT2D eigenvalue weighted by Crippen LogP contribution is 2.15. The van der Waals surface area contributed by atoms with E-state index in [4.69, 9.17) is 11.6 Å². The molecule has 21 heavy (non-hydrogen) atoms. The average molecular weight is 329 g/mol. The summed E-state index contributed by atoms with van der Waals surface area (Å²) in [6.07, 6.45) is 1.32. The quantitative estimate of drug-likeness (QED) is 0.509. The zero-order valence-corrected chi connectivity index (χ0v) is 12.0. The maximum atomic E-state index is 12.0. The van der Waals surface area contributed by atoms with Gasteiger partial charge < -0.3 is 0 Å². The summed E-state index contributed by atoms with van der Waals surface area (Å²) in [5, 5.41) is 10.4. The Morgan fingerprint density at radius 3 is 2.48 bits per heavy atom. The molecule has 0 saturated heterocycles. The molecular formula is C11H9ClN4O4S. The molecule has 1 aromatic carbocycles. The zero-order valence-electron chi connectivity index (χ0n) is 10.4. The standard InChI is InChI=1S/C11H9ClN4O4S/c12-11-13-6-5-10(14-11)15-21(19,20)7-8-1-3-9(4-2-8)16(17)18/h1-6H,7H2,(H,13,14,15). The maximum absolute atomic E-state index is 12.0. The molecule has 2 aromatic rings. The number of aromatic nitrogens is 2. The fourth-order valence-electron chi connectivity index (χ4n) is 1.52. The van der Waals surface area contributed by atoms with Gasteiger partial charge in [-0.25, -0.2) is 13.4 Å². The number of hydrogen-bond donors (Lipinski definition) is 1. The molecule has 0 saturated carbocycles. The molecular weight excluding hydrogens is 320 g/mol. The second-order valence-corrected chi connectivity index (χ2v) is 6.06. The molecule has 2 rings (SSSR count). The van der Waals surface area contributed by atoms with Crippen molar-refractivity contribution in [2.75, 3.05) is 4.72 Å². The van der Waals surface area contributed by atoms with Gasteiger partial charge in [0.15, 0.2) is 0 Å². The third-order valence-electron chi connectivity index (χ3n) is 2.39. The number of rotatable bonds is 5. The van der Waals surface area contributed by atoms with Crippen LogP contribution < -0.4 is 4.72 Å². The number of benzene rings is 1. The molecule has 1 N–H and O–H groups in total. The molecule has 0 amide bonds. The Kier molecular flexibility index (Phi) is 4.34. The molecule has 0 aliphatic carbocycles. The van der Waals surface area contributed by atoms with Crippen molar-refractivity contribution in [2.24, 2.45) is 0 Å². The van der Waals surface area contributed by atoms with Gasteiger partial charge >= 0.3 is 0 Å². The van der Waals surface area contributed by atoms with E-state index in [1.165, 1.54) is 36.5 Å². The highest BCUT2D eigenvalue weighted by molar-refractivity contribution is 7.91. The SMILES string of the molecule is O=[N+]([O-])c1ccc(CS(=O)(=O)Nc2ccnc(Cl)n2)cc1. The van der Waals surface area contributed by atoms with Crippen molar-refractivity contribution in [1.29, 1.82) is 0 Å². The molecule has 0 spiro atoms. The van der Waals surface area contributed by atoms with E-state index in [2.05, 4.69) is 14.7 Å². The minimum Gasteiger partial charge on any atom is -0.267 e. The van der Waals surface area contributed by atoms with Gasteiger partial charge in [-0.2, -0.15) is 4.98 Å². The van der Waals surface area contributed by atoms with Crippen molar-refractivity contribution < 1.29 is 13.3 Å². The van der Waals surface area contributed by atoms with Gasteiger partial charge in [-0.3, -0.25) is 14.8 Å². The van der Waals surface area contributed by atoms with Crippen LogP contribution in [0.15, 0.2) is 36.5 Å². The van der Waals surface area contributed by atoms with Crippen molar-refractivity contribution in [2.45, 2.75) is 5.75 Å². The van der Waals surface area contributed by atoms with E-state index in [-0.39, 0.29) is 22.5 Å². The summed E-state index contributed by atoms with van der Waals surface area (Å²) in [5.74, 6) is -0.288. The average Bonchev–Trinajstić information content (AvgIpc) is 2.38. The molecule has 0 atom stereocenters. The summed E-state index contributed by atoms with van der Waals surface area (Å²) in [6, 6.07) is 6.60. The maximum Gasteiger partial charge on any atom is 0.269 e. The zero-order chi connectivity index (χ0) is 15.5. The monoisotopic (exact) mass is 328 g/mol. The Morgan fingerprint density at radius 1 is 1.24 bits per heavy atom. The van der Waals surface area contributed by atoms with Crippen LogP contribution in [-0.2, 0) is 15.8 Å². The van der Waals surface area contributed by atoms with E-state index < -0.39 is 14.9 Å². The second-order valence-electron chi connectivity index (χ2n) is 4.00. The molecule has 8 nitrogen and oxygen atoms in total. The number of sulfonamides is 1. The van der Waals surface area contributed by atoms with Crippen LogP contribution in [0.2, 0.25) is 5.28 Å². The van der Waals surface area contributed by atoms with Crippen molar-refractivity contribution in [3.63, 3.8) is 0 Å². The van der Waals surface area contributed by atoms with Gasteiger partial charge in [-0.1, -0.05) is 12.1 Å². The molecule has 0 aliphatic heterocycles. The molecule has 10 heteroatoms. The number of nitro groups is 1. The number of nitrogens with zero attached hydrogens (tertiary/aromatic N) is 3. The van der Waals surface area contributed by atoms with Gasteiger partial charge in [-0.05, 0) is 23.2 Å². The fraction of sp³-hybridized carbons (Fsp3) is 0.0909. The number of nitrogens with one attached hydrogen (secondary N) is 1. The molecule has 1 aromatic heterocycles. The molecule has 0 unspecified atom stereocenters. The largest absolute Gasteiger partial charge is 0.269 e. The molecule has 0 aliphatic rings. The van der Waals surface area contributed by atoms with Gasteiger partial charge in [0.1, 0.15) is 5.82 Å². The third kappa shape index (κ3) is 4.36. The Morgan fingerprint density at radius 2 is 1.90 bits per heavy atom. The minimum atomic E-state index is -3.71. The first-order valence-electron chi connectivity index (χ1n) is 5.58. The number of hydrogen-bond acceptors (Lipinski definition) is 6. The Balaban J connectivity index is 2.12. The second kappa shape index (κ2) is 6.02. The van der Waals surface area contributed by atoms with Crippen LogP contribution in [0.4, 0.5) is 11.5 Å². The van der Waals surface area contributed by atoms with Gasteiger partial charge in [0.2, 0.25) is 15.3 Å². The van der Waals surface area contributed by atoms with E-state index in [0.717, 1.165) is 0 Å². The van der Waals surface area contributed by atoms with Gasteiger partial charge in [-0.15, -0.1) is 0 Å². The first-order valence-corrected chi connectivity index (χ1v) is 7.61. The number of anilines is 1. The molecule has 110 valence electrons. The van der Waals surface area contributed by atoms with Crippen molar-refractivity contribution in [1.82, 2.24) is 9.97 Å². The smallest absolute Gasteiger partial charge is 0.267 e. The van der Waals surface area contributed by atoms with Gasteiger partial charge in [0, 0.05) is 18.3 Å². The van der Waals surface area contributed by atoms with E-state index >= 15 is 0 Å². The number of halogens is 1. The fourth-order valence-corrected chi connectivity index (χ4v) is 2.80. The number of nitro benzene ring substituents is 1. The predicted octanol–water partition coefficient (Wildman–Crippen LogP) is 1.98. The lowest BCUT2D eigenvalue weighted by Crippen LogP contribution is -2.16. The third-order valence-corrected chi connectivity index (χ3v) is 3.81. The topological polar surface area (TPSA) is 115 Å². The minimum absolute atomic E-state index is 0.0527. The first-order chi connectivity index (χ1) is 9.85. The predicted molar refractivity (Wildman–Crippen MR) is 76.4 cm³/mol. The van der Waals surface area contributed by atoms with E-state index in [1.807, 2.05) is 0 Å². The van der Waals surface area contributed by atoms with Crippen molar-refractivity contribution >= 4 is 33.1 Å². The lowest BCUT2D eigenvalue weighted by Gasteiger charge is -2.07. The van der Waals surface area contributed by atoms with Crippen LogP contribution in [-0.4, -0.2) is 23.3 Å². The lowest BCUT2D eigenvalue weighted by atomic mass is 10.2. The van der Waals surface area contributed by atoms with Crippen LogP contribution in [0.5, 0.6) is 0 Å². The van der Waals surface area contributed by atoms with Gasteiger partial charge in [0.05, 0.1) is 10.7 Å². The molecule has 1 heterocycles. The van der Waals surface area contributed by atoms with E-state index in [1.54, 1.807) is 0 Å². The van der Waals surface area contributed by atoms with Crippen LogP contribution in [0.1, 0.15) is 5.56 Å². The highest BCUT2D eigenvalue weighted by atomic mass is 35.5. The Labute approximate surface area is 125 Å². The summed E-state index contributed by atoms with van der Waals surface area (Å²) in [4.78, 5) is 17.3. The normalized spacial score (nSPS) is 11.1. The highest BCUT2D eigenvalue weighted by Gasteiger charge is 2.14. The van der Waals surface area contributed by atoms with Crippen molar-refractivity contribution in [3.8, 4) is 0 Å². The summed E-state index contributed by atoms with van der Waals surface area (Å²) < 4.78 is 26.1.